The Kier molecular flexibility index (Phi) is 7.38. The zero-order valence-corrected chi connectivity index (χ0v) is 14.7. The smallest absolute Gasteiger partial charge is 0.374 e. The lowest BCUT2D eigenvalue weighted by Gasteiger charge is -2.14. The Bertz CT molecular complexity index is 742. The van der Waals surface area contributed by atoms with Crippen LogP contribution in [0.5, 0.6) is 5.88 Å². The van der Waals surface area contributed by atoms with Crippen LogP contribution in [0.1, 0.15) is 40.8 Å². The average Bonchev–Trinajstić information content (AvgIpc) is 2.51. The van der Waals surface area contributed by atoms with Gasteiger partial charge in [0, 0.05) is 17.0 Å². The molecule has 0 saturated heterocycles. The molecule has 0 fully saturated rings. The van der Waals surface area contributed by atoms with Crippen molar-refractivity contribution in [2.45, 2.75) is 26.2 Å². The molecular formula is C16H17Cl2FN2O3. The van der Waals surface area contributed by atoms with Crippen molar-refractivity contribution in [1.82, 2.24) is 9.97 Å². The summed E-state index contributed by atoms with van der Waals surface area (Å²) in [7, 11) is 1.42. The Balaban J connectivity index is 0.00000288. The van der Waals surface area contributed by atoms with Crippen molar-refractivity contribution in [2.24, 2.45) is 0 Å². The Morgan fingerprint density at radius 1 is 1.38 bits per heavy atom. The predicted octanol–water partition coefficient (Wildman–Crippen LogP) is 3.94. The number of aromatic carboxylic acids is 1. The van der Waals surface area contributed by atoms with Gasteiger partial charge < -0.3 is 9.84 Å². The molecule has 1 heterocycles. The first-order valence-electron chi connectivity index (χ1n) is 7.07. The number of halogens is 3. The van der Waals surface area contributed by atoms with Gasteiger partial charge in [-0.1, -0.05) is 31.0 Å². The van der Waals surface area contributed by atoms with Gasteiger partial charge in [0.25, 0.3) is 0 Å². The molecule has 0 aliphatic carbocycles. The molecule has 0 saturated carbocycles. The first kappa shape index (κ1) is 20.1. The van der Waals surface area contributed by atoms with Gasteiger partial charge in [-0.3, -0.25) is 0 Å². The van der Waals surface area contributed by atoms with Gasteiger partial charge in [-0.2, -0.15) is 4.98 Å². The number of carboxylic acids is 1. The zero-order valence-electron chi connectivity index (χ0n) is 13.2. The van der Waals surface area contributed by atoms with E-state index in [1.807, 2.05) is 6.92 Å². The van der Waals surface area contributed by atoms with E-state index in [1.54, 1.807) is 6.07 Å². The van der Waals surface area contributed by atoms with E-state index < -0.39 is 11.8 Å². The minimum atomic E-state index is -1.22. The normalized spacial score (nSPS) is 10.2. The predicted molar refractivity (Wildman–Crippen MR) is 91.0 cm³/mol. The van der Waals surface area contributed by atoms with Crippen LogP contribution in [0.3, 0.4) is 0 Å². The topological polar surface area (TPSA) is 72.3 Å². The van der Waals surface area contributed by atoms with Gasteiger partial charge in [-0.05, 0) is 24.1 Å². The molecule has 2 aromatic rings. The third-order valence-corrected chi connectivity index (χ3v) is 3.66. The quantitative estimate of drug-likeness (QED) is 0.828. The molecule has 130 valence electrons. The standard InChI is InChI=1S/C16H16ClFN2O3.ClH/c1-3-4-13-11(7-9-5-6-10(18)8-12(9)17)15(23-2)20-14(19-13)16(21)22;/h5-6,8H,3-4,7H2,1-2H3,(H,21,22);1H. The van der Waals surface area contributed by atoms with E-state index >= 15 is 0 Å². The number of benzene rings is 1. The van der Waals surface area contributed by atoms with Crippen LogP contribution in [-0.4, -0.2) is 28.2 Å². The third kappa shape index (κ3) is 4.55. The molecule has 1 aromatic heterocycles. The summed E-state index contributed by atoms with van der Waals surface area (Å²) in [6.45, 7) is 1.96. The summed E-state index contributed by atoms with van der Waals surface area (Å²) in [6.07, 6.45) is 1.69. The summed E-state index contributed by atoms with van der Waals surface area (Å²) in [4.78, 5) is 19.2. The van der Waals surface area contributed by atoms with Gasteiger partial charge in [0.1, 0.15) is 5.82 Å². The summed E-state index contributed by atoms with van der Waals surface area (Å²) >= 11 is 6.07. The number of aromatic nitrogens is 2. The third-order valence-electron chi connectivity index (χ3n) is 3.31. The van der Waals surface area contributed by atoms with Crippen LogP contribution in [0.25, 0.3) is 0 Å². The van der Waals surface area contributed by atoms with Crippen LogP contribution < -0.4 is 4.74 Å². The first-order valence-corrected chi connectivity index (χ1v) is 7.45. The van der Waals surface area contributed by atoms with E-state index in [0.29, 0.717) is 29.7 Å². The van der Waals surface area contributed by atoms with Crippen molar-refractivity contribution in [1.29, 1.82) is 0 Å². The number of rotatable bonds is 6. The van der Waals surface area contributed by atoms with Gasteiger partial charge in [0.2, 0.25) is 11.7 Å². The minimum Gasteiger partial charge on any atom is -0.481 e. The number of methoxy groups -OCH3 is 1. The Labute approximate surface area is 150 Å². The number of carbonyl (C=O) groups is 1. The molecule has 0 unspecified atom stereocenters. The second-order valence-electron chi connectivity index (χ2n) is 4.95. The molecule has 0 aliphatic rings. The van der Waals surface area contributed by atoms with Crippen LogP contribution in [-0.2, 0) is 12.8 Å². The molecule has 0 spiro atoms. The SMILES string of the molecule is CCCc1nc(C(=O)O)nc(OC)c1Cc1ccc(F)cc1Cl.Cl. The summed E-state index contributed by atoms with van der Waals surface area (Å²) in [6, 6.07) is 4.13. The second kappa shape index (κ2) is 8.80. The maximum absolute atomic E-state index is 13.2. The monoisotopic (exact) mass is 374 g/mol. The fourth-order valence-electron chi connectivity index (χ4n) is 2.25. The van der Waals surface area contributed by atoms with Crippen molar-refractivity contribution in [3.8, 4) is 5.88 Å². The second-order valence-corrected chi connectivity index (χ2v) is 5.36. The van der Waals surface area contributed by atoms with Gasteiger partial charge in [-0.15, -0.1) is 12.4 Å². The average molecular weight is 375 g/mol. The zero-order chi connectivity index (χ0) is 17.0. The van der Waals surface area contributed by atoms with Crippen molar-refractivity contribution < 1.29 is 19.0 Å². The number of ether oxygens (including phenoxy) is 1. The van der Waals surface area contributed by atoms with Crippen LogP contribution >= 0.6 is 24.0 Å². The molecule has 5 nitrogen and oxygen atoms in total. The van der Waals surface area contributed by atoms with Crippen LogP contribution in [0.15, 0.2) is 18.2 Å². The maximum atomic E-state index is 13.2. The molecule has 0 atom stereocenters. The summed E-state index contributed by atoms with van der Waals surface area (Å²) in [5.41, 5.74) is 1.94. The Hall–Kier alpha value is -1.92. The van der Waals surface area contributed by atoms with E-state index in [4.69, 9.17) is 21.4 Å². The van der Waals surface area contributed by atoms with Gasteiger partial charge >= 0.3 is 5.97 Å². The van der Waals surface area contributed by atoms with E-state index in [0.717, 1.165) is 6.42 Å². The fraction of sp³-hybridized carbons (Fsp3) is 0.312. The number of hydrogen-bond donors (Lipinski definition) is 1. The molecule has 24 heavy (non-hydrogen) atoms. The highest BCUT2D eigenvalue weighted by Crippen LogP contribution is 2.27. The number of aryl methyl sites for hydroxylation is 1. The molecule has 1 aromatic carbocycles. The van der Waals surface area contributed by atoms with Gasteiger partial charge in [-0.25, -0.2) is 14.2 Å². The van der Waals surface area contributed by atoms with Crippen molar-refractivity contribution in [2.75, 3.05) is 7.11 Å². The molecule has 0 aliphatic heterocycles. The number of hydrogen-bond acceptors (Lipinski definition) is 4. The van der Waals surface area contributed by atoms with E-state index in [-0.39, 0.29) is 29.1 Å². The summed E-state index contributed by atoms with van der Waals surface area (Å²) < 4.78 is 18.4. The van der Waals surface area contributed by atoms with Crippen molar-refractivity contribution in [3.05, 3.63) is 51.7 Å². The molecule has 1 N–H and O–H groups in total. The highest BCUT2D eigenvalue weighted by molar-refractivity contribution is 6.31. The summed E-state index contributed by atoms with van der Waals surface area (Å²) in [5, 5.41) is 9.40. The van der Waals surface area contributed by atoms with Gasteiger partial charge in [0.15, 0.2) is 0 Å². The molecule has 0 bridgehead atoms. The molecule has 8 heteroatoms. The molecule has 0 amide bonds. The van der Waals surface area contributed by atoms with Crippen LogP contribution in [0, 0.1) is 5.82 Å². The van der Waals surface area contributed by atoms with E-state index in [2.05, 4.69) is 9.97 Å². The maximum Gasteiger partial charge on any atom is 0.374 e. The summed E-state index contributed by atoms with van der Waals surface area (Å²) in [5.74, 6) is -1.75. The lowest BCUT2D eigenvalue weighted by atomic mass is 10.0. The number of nitrogens with zero attached hydrogens (tertiary/aromatic N) is 2. The fourth-order valence-corrected chi connectivity index (χ4v) is 2.48. The van der Waals surface area contributed by atoms with E-state index in [9.17, 15) is 9.18 Å². The Morgan fingerprint density at radius 2 is 2.08 bits per heavy atom. The minimum absolute atomic E-state index is 0. The van der Waals surface area contributed by atoms with E-state index in [1.165, 1.54) is 19.2 Å². The molecule has 2 rings (SSSR count). The lowest BCUT2D eigenvalue weighted by molar-refractivity contribution is 0.0681. The van der Waals surface area contributed by atoms with Crippen molar-refractivity contribution in [3.63, 3.8) is 0 Å². The van der Waals surface area contributed by atoms with Gasteiger partial charge in [0.05, 0.1) is 12.8 Å². The molecule has 0 radical (unpaired) electrons. The van der Waals surface area contributed by atoms with Crippen LogP contribution in [0.4, 0.5) is 4.39 Å². The highest BCUT2D eigenvalue weighted by atomic mass is 35.5. The first-order chi connectivity index (χ1) is 11.0. The lowest BCUT2D eigenvalue weighted by Crippen LogP contribution is -2.12. The van der Waals surface area contributed by atoms with Crippen molar-refractivity contribution >= 4 is 30.0 Å². The molecular weight excluding hydrogens is 358 g/mol. The Morgan fingerprint density at radius 3 is 2.62 bits per heavy atom. The number of carboxylic acid groups (broad SMARTS) is 1. The highest BCUT2D eigenvalue weighted by Gasteiger charge is 2.19. The largest absolute Gasteiger partial charge is 0.481 e. The van der Waals surface area contributed by atoms with Crippen LogP contribution in [0.2, 0.25) is 5.02 Å².